The molecule has 1 aromatic rings. The molecule has 1 heterocycles. The molecule has 0 aliphatic heterocycles. The third kappa shape index (κ3) is 6.54. The molecule has 4 saturated carbocycles. The summed E-state index contributed by atoms with van der Waals surface area (Å²) in [6.07, 6.45) is 20.1. The van der Waals surface area contributed by atoms with Gasteiger partial charge in [0.15, 0.2) is 0 Å². The van der Waals surface area contributed by atoms with Crippen molar-refractivity contribution >= 4 is 11.9 Å². The van der Waals surface area contributed by atoms with Crippen LogP contribution in [0.4, 0.5) is 0 Å². The van der Waals surface area contributed by atoms with Crippen LogP contribution in [0, 0.1) is 50.2 Å². The fourth-order valence-electron chi connectivity index (χ4n) is 13.2. The fraction of sp³-hybridized carbons (Fsp3) is 0.800. The number of nitrogens with zero attached hydrogens (tertiary/aromatic N) is 2. The van der Waals surface area contributed by atoms with Crippen LogP contribution in [-0.2, 0) is 9.53 Å². The molecule has 6 rings (SSSR count). The summed E-state index contributed by atoms with van der Waals surface area (Å²) in [7, 11) is 0. The zero-order valence-corrected chi connectivity index (χ0v) is 33.8. The summed E-state index contributed by atoms with van der Waals surface area (Å²) in [5.74, 6) is 1.46. The van der Waals surface area contributed by atoms with Gasteiger partial charge in [0.2, 0.25) is 5.91 Å². The largest absolute Gasteiger partial charge is 0.458 e. The number of hydrogen-bond acceptors (Lipinski definition) is 5. The molecule has 0 radical (unpaired) electrons. The first-order valence-electron chi connectivity index (χ1n) is 20.9. The zero-order valence-electron chi connectivity index (χ0n) is 33.8. The van der Waals surface area contributed by atoms with Gasteiger partial charge in [-0.3, -0.25) is 9.78 Å². The Morgan fingerprint density at radius 2 is 1.63 bits per heavy atom. The van der Waals surface area contributed by atoms with Crippen LogP contribution >= 0.6 is 0 Å². The van der Waals surface area contributed by atoms with Gasteiger partial charge in [-0.1, -0.05) is 74.0 Å². The lowest BCUT2D eigenvalue weighted by Gasteiger charge is -2.71. The minimum atomic E-state index is -0.282. The Hall–Kier alpha value is -2.21. The van der Waals surface area contributed by atoms with Crippen LogP contribution < -0.4 is 5.32 Å². The molecule has 0 spiro atoms. The number of ether oxygens (including phenoxy) is 1. The van der Waals surface area contributed by atoms with E-state index in [4.69, 9.17) is 4.74 Å². The van der Waals surface area contributed by atoms with Crippen molar-refractivity contribution in [3.63, 3.8) is 0 Å². The summed E-state index contributed by atoms with van der Waals surface area (Å²) in [5, 5.41) is 3.53. The third-order valence-corrected chi connectivity index (χ3v) is 16.2. The Bertz CT molecular complexity index is 1450. The summed E-state index contributed by atoms with van der Waals surface area (Å²) < 4.78 is 6.30. The van der Waals surface area contributed by atoms with E-state index >= 15 is 0 Å². The quantitative estimate of drug-likeness (QED) is 0.141. The van der Waals surface area contributed by atoms with Gasteiger partial charge in [0.25, 0.3) is 0 Å². The zero-order chi connectivity index (χ0) is 36.9. The van der Waals surface area contributed by atoms with Crippen LogP contribution in [0.3, 0.4) is 0 Å². The molecule has 0 bridgehead atoms. The molecule has 8 atom stereocenters. The van der Waals surface area contributed by atoms with E-state index in [0.717, 1.165) is 90.4 Å². The number of allylic oxidation sites excluding steroid dienone is 2. The first kappa shape index (κ1) is 38.5. The highest BCUT2D eigenvalue weighted by atomic mass is 16.5. The van der Waals surface area contributed by atoms with Crippen molar-refractivity contribution in [1.29, 1.82) is 0 Å². The fourth-order valence-corrected chi connectivity index (χ4v) is 13.2. The molecule has 5 aliphatic carbocycles. The van der Waals surface area contributed by atoms with Crippen molar-refractivity contribution in [1.82, 2.24) is 15.2 Å². The second kappa shape index (κ2) is 14.2. The Labute approximate surface area is 310 Å². The molecule has 0 aromatic carbocycles. The smallest absolute Gasteiger partial charge is 0.339 e. The van der Waals surface area contributed by atoms with Gasteiger partial charge in [-0.15, -0.1) is 0 Å². The Morgan fingerprint density at radius 1 is 0.902 bits per heavy atom. The molecular formula is C45H71N3O3. The summed E-state index contributed by atoms with van der Waals surface area (Å²) in [4.78, 5) is 34.4. The van der Waals surface area contributed by atoms with E-state index in [-0.39, 0.29) is 44.6 Å². The number of esters is 1. The lowest BCUT2D eigenvalue weighted by Crippen LogP contribution is -2.65. The predicted octanol–water partition coefficient (Wildman–Crippen LogP) is 10.0. The molecule has 1 aromatic heterocycles. The van der Waals surface area contributed by atoms with Crippen LogP contribution in [-0.4, -0.2) is 54.0 Å². The first-order chi connectivity index (χ1) is 24.1. The monoisotopic (exact) mass is 702 g/mol. The minimum Gasteiger partial charge on any atom is -0.458 e. The lowest BCUT2D eigenvalue weighted by molar-refractivity contribution is -0.204. The first-order valence-corrected chi connectivity index (χ1v) is 20.9. The Kier molecular flexibility index (Phi) is 10.7. The molecule has 0 saturated heterocycles. The molecule has 51 heavy (non-hydrogen) atoms. The molecule has 6 heteroatoms. The molecule has 284 valence electrons. The third-order valence-electron chi connectivity index (χ3n) is 16.2. The van der Waals surface area contributed by atoms with E-state index in [2.05, 4.69) is 83.6 Å². The maximum atomic E-state index is 14.5. The van der Waals surface area contributed by atoms with Crippen LogP contribution in [0.5, 0.6) is 0 Å². The highest BCUT2D eigenvalue weighted by Crippen LogP contribution is 2.76. The van der Waals surface area contributed by atoms with E-state index in [0.29, 0.717) is 29.2 Å². The number of amides is 1. The molecule has 1 N–H and O–H groups in total. The SMILES string of the molecule is CCCN(CCC)CCCNC(=O)[C@]12CCC(C)(C)C[C@H]1C1=CC[C@@H]3[C@@]4(C)CC[C@H](OC(=O)c5cccnc5)C(C)(C)[C@@H]4CC[C@@]3(C)[C@]1(C)CC2. The maximum Gasteiger partial charge on any atom is 0.339 e. The summed E-state index contributed by atoms with van der Waals surface area (Å²) in [6.45, 7) is 26.1. The highest BCUT2D eigenvalue weighted by molar-refractivity contribution is 5.89. The topological polar surface area (TPSA) is 71.5 Å². The molecule has 6 nitrogen and oxygen atoms in total. The van der Waals surface area contributed by atoms with E-state index in [1.165, 1.54) is 19.3 Å². The number of carbonyl (C=O) groups excluding carboxylic acids is 2. The number of aromatic nitrogens is 1. The Morgan fingerprint density at radius 3 is 2.31 bits per heavy atom. The molecule has 4 fully saturated rings. The van der Waals surface area contributed by atoms with Crippen molar-refractivity contribution in [2.75, 3.05) is 26.2 Å². The molecule has 1 amide bonds. The number of carbonyl (C=O) groups is 2. The van der Waals surface area contributed by atoms with Gasteiger partial charge in [0.05, 0.1) is 11.0 Å². The van der Waals surface area contributed by atoms with Gasteiger partial charge in [0, 0.05) is 24.4 Å². The van der Waals surface area contributed by atoms with Crippen LogP contribution in [0.25, 0.3) is 0 Å². The predicted molar refractivity (Wildman–Crippen MR) is 207 cm³/mol. The Balaban J connectivity index is 1.23. The van der Waals surface area contributed by atoms with Crippen molar-refractivity contribution in [2.45, 2.75) is 152 Å². The second-order valence-electron chi connectivity index (χ2n) is 19.8. The van der Waals surface area contributed by atoms with E-state index in [1.54, 1.807) is 30.1 Å². The lowest BCUT2D eigenvalue weighted by atomic mass is 9.33. The number of nitrogens with one attached hydrogen (secondary N) is 1. The summed E-state index contributed by atoms with van der Waals surface area (Å²) in [5.41, 5.74) is 2.43. The average molecular weight is 702 g/mol. The van der Waals surface area contributed by atoms with Crippen molar-refractivity contribution < 1.29 is 14.3 Å². The van der Waals surface area contributed by atoms with E-state index < -0.39 is 0 Å². The van der Waals surface area contributed by atoms with Crippen LogP contribution in [0.2, 0.25) is 0 Å². The molecule has 0 unspecified atom stereocenters. The maximum absolute atomic E-state index is 14.5. The van der Waals surface area contributed by atoms with Crippen molar-refractivity contribution in [2.24, 2.45) is 50.2 Å². The van der Waals surface area contributed by atoms with E-state index in [1.807, 2.05) is 0 Å². The van der Waals surface area contributed by atoms with Crippen molar-refractivity contribution in [3.05, 3.63) is 41.7 Å². The van der Waals surface area contributed by atoms with Gasteiger partial charge in [-0.05, 0) is 155 Å². The number of rotatable bonds is 11. The highest BCUT2D eigenvalue weighted by Gasteiger charge is 2.69. The summed E-state index contributed by atoms with van der Waals surface area (Å²) in [6, 6.07) is 3.61. The number of pyridine rings is 1. The summed E-state index contributed by atoms with van der Waals surface area (Å²) >= 11 is 0. The van der Waals surface area contributed by atoms with Crippen molar-refractivity contribution in [3.8, 4) is 0 Å². The van der Waals surface area contributed by atoms with Crippen LogP contribution in [0.15, 0.2) is 36.2 Å². The normalized spacial score (nSPS) is 38.0. The standard InChI is InChI=1S/C45H71N3O3/c1-10-27-48(28-11-2)29-13-26-47-39(50)45-23-21-40(3,4)30-34(45)33-15-16-36-42(7)19-18-37(51-38(49)32-14-12-25-46-31-32)41(5,6)35(42)17-20-44(36,9)43(33,8)22-24-45/h12,14-15,25,31,34-37H,10-11,13,16-24,26-30H2,1-9H3,(H,47,50)/t34-,35-,36+,37-,42-,43+,44+,45-/m0/s1. The van der Waals surface area contributed by atoms with Gasteiger partial charge >= 0.3 is 5.97 Å². The average Bonchev–Trinajstić information content (AvgIpc) is 3.08. The number of hydrogen-bond donors (Lipinski definition) is 1. The van der Waals surface area contributed by atoms with Gasteiger partial charge < -0.3 is 15.0 Å². The van der Waals surface area contributed by atoms with Crippen LogP contribution in [0.1, 0.15) is 156 Å². The molecule has 5 aliphatic rings. The second-order valence-corrected chi connectivity index (χ2v) is 19.8. The van der Waals surface area contributed by atoms with Gasteiger partial charge in [-0.2, -0.15) is 0 Å². The van der Waals surface area contributed by atoms with Gasteiger partial charge in [0.1, 0.15) is 6.10 Å². The molecular weight excluding hydrogens is 631 g/mol. The van der Waals surface area contributed by atoms with Gasteiger partial charge in [-0.25, -0.2) is 4.79 Å². The minimum absolute atomic E-state index is 0.0837. The number of fused-ring (bicyclic) bond motifs is 7. The van der Waals surface area contributed by atoms with E-state index in [9.17, 15) is 9.59 Å².